The third-order valence-corrected chi connectivity index (χ3v) is 5.48. The Morgan fingerprint density at radius 2 is 2.00 bits per heavy atom. The average molecular weight is 472 g/mol. The molecule has 1 aromatic carbocycles. The van der Waals surface area contributed by atoms with E-state index in [1.54, 1.807) is 0 Å². The number of rotatable bonds is 3. The van der Waals surface area contributed by atoms with Gasteiger partial charge in [-0.1, -0.05) is 36.5 Å². The van der Waals surface area contributed by atoms with Crippen molar-refractivity contribution in [2.75, 3.05) is 0 Å². The van der Waals surface area contributed by atoms with Gasteiger partial charge in [0.15, 0.2) is 5.82 Å². The Balaban J connectivity index is 2.52. The molecule has 2 aromatic rings. The van der Waals surface area contributed by atoms with Crippen molar-refractivity contribution in [1.82, 2.24) is 9.97 Å². The summed E-state index contributed by atoms with van der Waals surface area (Å²) in [6.07, 6.45) is 1.91. The predicted molar refractivity (Wildman–Crippen MR) is 91.9 cm³/mol. The van der Waals surface area contributed by atoms with E-state index in [1.165, 1.54) is 0 Å². The fraction of sp³-hybridized carbons (Fsp3) is 0.231. The highest BCUT2D eigenvalue weighted by atomic mass is 127. The molecule has 2 rings (SSSR count). The Kier molecular flexibility index (Phi) is 5.45. The van der Waals surface area contributed by atoms with Crippen molar-refractivity contribution in [3.05, 3.63) is 42.1 Å². The summed E-state index contributed by atoms with van der Waals surface area (Å²) in [6, 6.07) is 5.60. The van der Waals surface area contributed by atoms with Crippen LogP contribution in [0, 0.1) is 3.57 Å². The standard InChI is InChI=1S/C13H10BrCl2IN2/c1-2-3-10-11(17)12(16)19-13(18-10)7-4-5-9(15)8(14)6-7/h4-6H,2-3H2,1H3. The van der Waals surface area contributed by atoms with Crippen LogP contribution in [0.5, 0.6) is 0 Å². The minimum absolute atomic E-state index is 0.500. The first kappa shape index (κ1) is 15.5. The summed E-state index contributed by atoms with van der Waals surface area (Å²) in [5, 5.41) is 1.16. The largest absolute Gasteiger partial charge is 0.232 e. The Labute approximate surface area is 144 Å². The molecule has 0 aliphatic heterocycles. The average Bonchev–Trinajstić information content (AvgIpc) is 2.38. The van der Waals surface area contributed by atoms with Crippen LogP contribution in [-0.4, -0.2) is 9.97 Å². The fourth-order valence-corrected chi connectivity index (χ4v) is 2.83. The number of hydrogen-bond donors (Lipinski definition) is 0. The number of benzene rings is 1. The molecule has 0 spiro atoms. The van der Waals surface area contributed by atoms with Gasteiger partial charge in [-0.05, 0) is 63.1 Å². The highest BCUT2D eigenvalue weighted by Gasteiger charge is 2.12. The van der Waals surface area contributed by atoms with Crippen molar-refractivity contribution in [2.24, 2.45) is 0 Å². The Morgan fingerprint density at radius 1 is 1.26 bits per heavy atom. The van der Waals surface area contributed by atoms with Crippen molar-refractivity contribution in [2.45, 2.75) is 19.8 Å². The van der Waals surface area contributed by atoms with Gasteiger partial charge in [-0.25, -0.2) is 9.97 Å². The molecule has 0 N–H and O–H groups in total. The van der Waals surface area contributed by atoms with E-state index in [0.717, 1.165) is 32.1 Å². The topological polar surface area (TPSA) is 25.8 Å². The monoisotopic (exact) mass is 470 g/mol. The second-order valence-electron chi connectivity index (χ2n) is 3.98. The summed E-state index contributed by atoms with van der Waals surface area (Å²) in [4.78, 5) is 8.94. The lowest BCUT2D eigenvalue weighted by Gasteiger charge is -2.08. The zero-order valence-electron chi connectivity index (χ0n) is 10.1. The van der Waals surface area contributed by atoms with Gasteiger partial charge in [0.05, 0.1) is 14.3 Å². The molecule has 0 aliphatic rings. The van der Waals surface area contributed by atoms with Crippen LogP contribution >= 0.6 is 61.7 Å². The molecule has 19 heavy (non-hydrogen) atoms. The maximum atomic E-state index is 6.18. The van der Waals surface area contributed by atoms with Gasteiger partial charge >= 0.3 is 0 Å². The first-order valence-electron chi connectivity index (χ1n) is 5.70. The molecule has 0 fully saturated rings. The van der Waals surface area contributed by atoms with Crippen LogP contribution in [-0.2, 0) is 6.42 Å². The molecule has 1 aromatic heterocycles. The normalized spacial score (nSPS) is 10.8. The highest BCUT2D eigenvalue weighted by molar-refractivity contribution is 14.1. The summed E-state index contributed by atoms with van der Waals surface area (Å²) in [7, 11) is 0. The molecule has 2 nitrogen and oxygen atoms in total. The Hall–Kier alpha value is 0.0900. The van der Waals surface area contributed by atoms with Crippen LogP contribution in [0.2, 0.25) is 10.2 Å². The number of aromatic nitrogens is 2. The zero-order chi connectivity index (χ0) is 14.0. The van der Waals surface area contributed by atoms with Crippen molar-refractivity contribution >= 4 is 61.7 Å². The molecule has 0 saturated carbocycles. The second-order valence-corrected chi connectivity index (χ2v) is 6.68. The molecule has 0 radical (unpaired) electrons. The van der Waals surface area contributed by atoms with E-state index in [2.05, 4.69) is 55.4 Å². The highest BCUT2D eigenvalue weighted by Crippen LogP contribution is 2.29. The number of hydrogen-bond acceptors (Lipinski definition) is 2. The third kappa shape index (κ3) is 3.60. The lowest BCUT2D eigenvalue weighted by Crippen LogP contribution is -2.00. The molecular weight excluding hydrogens is 462 g/mol. The maximum Gasteiger partial charge on any atom is 0.161 e. The van der Waals surface area contributed by atoms with Crippen LogP contribution < -0.4 is 0 Å². The van der Waals surface area contributed by atoms with Crippen LogP contribution in [0.4, 0.5) is 0 Å². The summed E-state index contributed by atoms with van der Waals surface area (Å²) < 4.78 is 1.75. The van der Waals surface area contributed by atoms with Gasteiger partial charge in [-0.2, -0.15) is 0 Å². The van der Waals surface area contributed by atoms with Gasteiger partial charge in [0.2, 0.25) is 0 Å². The summed E-state index contributed by atoms with van der Waals surface area (Å²) in [5.41, 5.74) is 1.89. The minimum atomic E-state index is 0.500. The molecule has 0 unspecified atom stereocenters. The minimum Gasteiger partial charge on any atom is -0.232 e. The number of aryl methyl sites for hydroxylation is 1. The molecule has 0 bridgehead atoms. The van der Waals surface area contributed by atoms with E-state index in [-0.39, 0.29) is 0 Å². The Morgan fingerprint density at radius 3 is 2.63 bits per heavy atom. The summed E-state index contributed by atoms with van der Waals surface area (Å²) in [5.74, 6) is 0.631. The summed E-state index contributed by atoms with van der Waals surface area (Å²) >= 11 is 17.8. The Bertz CT molecular complexity index is 620. The van der Waals surface area contributed by atoms with E-state index >= 15 is 0 Å². The maximum absolute atomic E-state index is 6.18. The number of nitrogens with zero attached hydrogens (tertiary/aromatic N) is 2. The molecular formula is C13H10BrCl2IN2. The van der Waals surface area contributed by atoms with E-state index < -0.39 is 0 Å². The molecule has 100 valence electrons. The van der Waals surface area contributed by atoms with Crippen LogP contribution in [0.25, 0.3) is 11.4 Å². The van der Waals surface area contributed by atoms with Crippen LogP contribution in [0.15, 0.2) is 22.7 Å². The van der Waals surface area contributed by atoms with E-state index in [1.807, 2.05) is 18.2 Å². The smallest absolute Gasteiger partial charge is 0.161 e. The molecule has 0 atom stereocenters. The van der Waals surface area contributed by atoms with Gasteiger partial charge in [0.1, 0.15) is 5.15 Å². The van der Waals surface area contributed by atoms with Gasteiger partial charge < -0.3 is 0 Å². The van der Waals surface area contributed by atoms with Crippen molar-refractivity contribution in [3.63, 3.8) is 0 Å². The van der Waals surface area contributed by atoms with Crippen molar-refractivity contribution < 1.29 is 0 Å². The summed E-state index contributed by atoms with van der Waals surface area (Å²) in [6.45, 7) is 2.12. The molecule has 0 amide bonds. The molecule has 0 saturated heterocycles. The zero-order valence-corrected chi connectivity index (χ0v) is 15.3. The predicted octanol–water partition coefficient (Wildman–Crippen LogP) is 5.77. The van der Waals surface area contributed by atoms with E-state index in [0.29, 0.717) is 16.0 Å². The second kappa shape index (κ2) is 6.70. The van der Waals surface area contributed by atoms with Gasteiger partial charge in [-0.15, -0.1) is 0 Å². The van der Waals surface area contributed by atoms with Crippen molar-refractivity contribution in [1.29, 1.82) is 0 Å². The lowest BCUT2D eigenvalue weighted by molar-refractivity contribution is 0.867. The molecule has 1 heterocycles. The molecule has 6 heteroatoms. The van der Waals surface area contributed by atoms with Crippen LogP contribution in [0.1, 0.15) is 19.0 Å². The van der Waals surface area contributed by atoms with E-state index in [9.17, 15) is 0 Å². The molecule has 0 aliphatic carbocycles. The van der Waals surface area contributed by atoms with Gasteiger partial charge in [0, 0.05) is 10.0 Å². The van der Waals surface area contributed by atoms with E-state index in [4.69, 9.17) is 23.2 Å². The van der Waals surface area contributed by atoms with Crippen LogP contribution in [0.3, 0.4) is 0 Å². The fourth-order valence-electron chi connectivity index (χ4n) is 1.63. The first-order chi connectivity index (χ1) is 9.02. The first-order valence-corrected chi connectivity index (χ1v) is 8.33. The third-order valence-electron chi connectivity index (χ3n) is 2.54. The van der Waals surface area contributed by atoms with Gasteiger partial charge in [-0.3, -0.25) is 0 Å². The SMILES string of the molecule is CCCc1nc(-c2ccc(Cl)c(Br)c2)nc(Cl)c1I. The quantitative estimate of drug-likeness (QED) is 0.419. The lowest BCUT2D eigenvalue weighted by atomic mass is 10.2. The van der Waals surface area contributed by atoms with Gasteiger partial charge in [0.25, 0.3) is 0 Å². The number of halogens is 4. The van der Waals surface area contributed by atoms with Crippen molar-refractivity contribution in [3.8, 4) is 11.4 Å².